The summed E-state index contributed by atoms with van der Waals surface area (Å²) in [7, 11) is 3.48. The summed E-state index contributed by atoms with van der Waals surface area (Å²) in [5, 5.41) is 6.63. The molecule has 146 valence electrons. The first kappa shape index (κ1) is 24.2. The van der Waals surface area contributed by atoms with E-state index in [9.17, 15) is 4.79 Å². The number of halogens is 1. The zero-order valence-corrected chi connectivity index (χ0v) is 18.9. The summed E-state index contributed by atoms with van der Waals surface area (Å²) in [6, 6.07) is 0. The van der Waals surface area contributed by atoms with E-state index in [0.29, 0.717) is 12.5 Å². The Hall–Kier alpha value is -0.830. The number of piperidine rings is 1. The fourth-order valence-electron chi connectivity index (χ4n) is 2.61. The number of rotatable bonds is 7. The van der Waals surface area contributed by atoms with E-state index in [2.05, 4.69) is 41.0 Å². The highest BCUT2D eigenvalue weighted by atomic mass is 127. The number of carbonyl (C=O) groups excluding carboxylic acids is 1. The lowest BCUT2D eigenvalue weighted by molar-refractivity contribution is -0.127. The van der Waals surface area contributed by atoms with E-state index in [4.69, 9.17) is 0 Å². The molecular weight excluding hydrogens is 429 g/mol. The number of likely N-dealkylation sites (tertiary alicyclic amines) is 1. The number of nitrogens with one attached hydrogen (secondary N) is 2. The number of aliphatic imine (C=N–C) groups is 1. The number of carbonyl (C=O) groups is 1. The zero-order chi connectivity index (χ0) is 18.2. The number of likely N-dealkylation sites (N-methyl/N-ethyl adjacent to an activating group) is 1. The van der Waals surface area contributed by atoms with E-state index < -0.39 is 0 Å². The first-order chi connectivity index (χ1) is 11.2. The number of hydrogen-bond acceptors (Lipinski definition) is 3. The third-order valence-corrected chi connectivity index (χ3v) is 4.33. The predicted molar refractivity (Wildman–Crippen MR) is 117 cm³/mol. The molecule has 1 aliphatic rings. The molecule has 2 N–H and O–H groups in total. The van der Waals surface area contributed by atoms with Crippen LogP contribution in [0.1, 0.15) is 40.0 Å². The van der Waals surface area contributed by atoms with Crippen LogP contribution in [0.4, 0.5) is 0 Å². The molecule has 0 aliphatic carbocycles. The highest BCUT2D eigenvalue weighted by Gasteiger charge is 2.27. The monoisotopic (exact) mass is 465 g/mol. The van der Waals surface area contributed by atoms with Gasteiger partial charge in [0.1, 0.15) is 6.54 Å². The maximum atomic E-state index is 11.8. The van der Waals surface area contributed by atoms with Gasteiger partial charge in [0.15, 0.2) is 5.96 Å². The van der Waals surface area contributed by atoms with Gasteiger partial charge in [-0.2, -0.15) is 0 Å². The van der Waals surface area contributed by atoms with Crippen molar-refractivity contribution in [3.8, 4) is 0 Å². The Morgan fingerprint density at radius 1 is 1.20 bits per heavy atom. The molecule has 0 radical (unpaired) electrons. The van der Waals surface area contributed by atoms with Crippen molar-refractivity contribution in [1.82, 2.24) is 20.4 Å². The van der Waals surface area contributed by atoms with Crippen molar-refractivity contribution in [2.75, 3.05) is 46.8 Å². The van der Waals surface area contributed by atoms with Crippen LogP contribution >= 0.6 is 24.0 Å². The molecule has 0 unspecified atom stereocenters. The molecule has 1 aliphatic heterocycles. The van der Waals surface area contributed by atoms with Crippen LogP contribution in [0.25, 0.3) is 0 Å². The molecule has 6 nitrogen and oxygen atoms in total. The van der Waals surface area contributed by atoms with Gasteiger partial charge in [0.2, 0.25) is 5.91 Å². The van der Waals surface area contributed by atoms with Crippen molar-refractivity contribution in [3.05, 3.63) is 12.2 Å². The Labute approximate surface area is 170 Å². The maximum absolute atomic E-state index is 11.8. The molecular formula is C18H36IN5O. The molecule has 0 aromatic carbocycles. The molecule has 1 saturated heterocycles. The lowest BCUT2D eigenvalue weighted by Crippen LogP contribution is -2.55. The Morgan fingerprint density at radius 2 is 1.80 bits per heavy atom. The van der Waals surface area contributed by atoms with Crippen LogP contribution in [0.2, 0.25) is 0 Å². The normalized spacial score (nSPS) is 16.0. The van der Waals surface area contributed by atoms with Crippen LogP contribution in [0.5, 0.6) is 0 Å². The van der Waals surface area contributed by atoms with Gasteiger partial charge in [-0.05, 0) is 46.7 Å². The summed E-state index contributed by atoms with van der Waals surface area (Å²) in [4.78, 5) is 20.3. The van der Waals surface area contributed by atoms with Gasteiger partial charge in [-0.1, -0.05) is 18.6 Å². The van der Waals surface area contributed by atoms with Crippen LogP contribution in [0, 0.1) is 0 Å². The van der Waals surface area contributed by atoms with Gasteiger partial charge in [0.05, 0.1) is 0 Å². The largest absolute Gasteiger partial charge is 0.355 e. The fraction of sp³-hybridized carbons (Fsp3) is 0.778. The quantitative estimate of drug-likeness (QED) is 0.262. The topological polar surface area (TPSA) is 60.0 Å². The standard InChI is InChI=1S/C18H35N5O.HI/c1-15(2)12-19-17(20-13-16(24)22(5)6)21-14-18(3,4)23-10-8-7-9-11-23;/h1,7-14H2,2-6H3,(H2,19,20,21);1H. The van der Waals surface area contributed by atoms with Crippen LogP contribution in [-0.2, 0) is 4.79 Å². The summed E-state index contributed by atoms with van der Waals surface area (Å²) in [5.74, 6) is 0.653. The van der Waals surface area contributed by atoms with E-state index in [1.807, 2.05) is 6.92 Å². The average Bonchev–Trinajstić information content (AvgIpc) is 2.54. The van der Waals surface area contributed by atoms with Crippen molar-refractivity contribution in [1.29, 1.82) is 0 Å². The molecule has 25 heavy (non-hydrogen) atoms. The number of amides is 1. The van der Waals surface area contributed by atoms with Gasteiger partial charge in [0, 0.05) is 32.7 Å². The zero-order valence-electron chi connectivity index (χ0n) is 16.5. The summed E-state index contributed by atoms with van der Waals surface area (Å²) in [6.45, 7) is 14.3. The molecule has 0 atom stereocenters. The van der Waals surface area contributed by atoms with Gasteiger partial charge < -0.3 is 15.5 Å². The second-order valence-corrected chi connectivity index (χ2v) is 7.48. The first-order valence-electron chi connectivity index (χ1n) is 8.84. The van der Waals surface area contributed by atoms with Crippen molar-refractivity contribution < 1.29 is 4.79 Å². The minimum atomic E-state index is -0.0123. The fourth-order valence-corrected chi connectivity index (χ4v) is 2.61. The van der Waals surface area contributed by atoms with Crippen LogP contribution in [0.3, 0.4) is 0 Å². The molecule has 0 bridgehead atoms. The van der Waals surface area contributed by atoms with E-state index in [0.717, 1.165) is 25.2 Å². The van der Waals surface area contributed by atoms with E-state index in [1.165, 1.54) is 19.3 Å². The van der Waals surface area contributed by atoms with Crippen molar-refractivity contribution >= 4 is 35.8 Å². The molecule has 1 fully saturated rings. The number of nitrogens with zero attached hydrogens (tertiary/aromatic N) is 3. The van der Waals surface area contributed by atoms with Crippen molar-refractivity contribution in [3.63, 3.8) is 0 Å². The van der Waals surface area contributed by atoms with Crippen molar-refractivity contribution in [2.24, 2.45) is 4.99 Å². The minimum Gasteiger partial charge on any atom is -0.355 e. The second-order valence-electron chi connectivity index (χ2n) is 7.48. The van der Waals surface area contributed by atoms with Gasteiger partial charge in [-0.15, -0.1) is 24.0 Å². The third-order valence-electron chi connectivity index (χ3n) is 4.33. The summed E-state index contributed by atoms with van der Waals surface area (Å²) in [6.07, 6.45) is 3.88. The maximum Gasteiger partial charge on any atom is 0.243 e. The lowest BCUT2D eigenvalue weighted by Gasteiger charge is -2.41. The van der Waals surface area contributed by atoms with E-state index in [1.54, 1.807) is 19.0 Å². The van der Waals surface area contributed by atoms with E-state index in [-0.39, 0.29) is 42.0 Å². The predicted octanol–water partition coefficient (Wildman–Crippen LogP) is 2.07. The Balaban J connectivity index is 0.00000576. The first-order valence-corrected chi connectivity index (χ1v) is 8.84. The van der Waals surface area contributed by atoms with Gasteiger partial charge in [-0.3, -0.25) is 9.69 Å². The Kier molecular flexibility index (Phi) is 11.3. The van der Waals surface area contributed by atoms with Gasteiger partial charge >= 0.3 is 0 Å². The molecule has 1 rings (SSSR count). The average molecular weight is 465 g/mol. The number of guanidine groups is 1. The summed E-state index contributed by atoms with van der Waals surface area (Å²) < 4.78 is 0. The SMILES string of the molecule is C=C(C)CNC(=NCC(=O)N(C)C)NCC(C)(C)N1CCCCC1.I. The molecule has 0 saturated carbocycles. The lowest BCUT2D eigenvalue weighted by atomic mass is 9.98. The van der Waals surface area contributed by atoms with Crippen LogP contribution in [0.15, 0.2) is 17.1 Å². The molecule has 1 heterocycles. The Morgan fingerprint density at radius 3 is 2.32 bits per heavy atom. The minimum absolute atomic E-state index is 0. The number of hydrogen-bond donors (Lipinski definition) is 2. The van der Waals surface area contributed by atoms with Crippen LogP contribution in [-0.4, -0.2) is 74.0 Å². The highest BCUT2D eigenvalue weighted by Crippen LogP contribution is 2.19. The van der Waals surface area contributed by atoms with Gasteiger partial charge in [0.25, 0.3) is 0 Å². The van der Waals surface area contributed by atoms with E-state index >= 15 is 0 Å². The molecule has 0 spiro atoms. The van der Waals surface area contributed by atoms with Crippen molar-refractivity contribution in [2.45, 2.75) is 45.6 Å². The summed E-state index contributed by atoms with van der Waals surface area (Å²) >= 11 is 0. The molecule has 0 aromatic rings. The smallest absolute Gasteiger partial charge is 0.243 e. The second kappa shape index (κ2) is 11.7. The van der Waals surface area contributed by atoms with Crippen LogP contribution < -0.4 is 10.6 Å². The molecule has 0 aromatic heterocycles. The molecule has 1 amide bonds. The molecule has 7 heteroatoms. The summed E-state index contributed by atoms with van der Waals surface area (Å²) in [5.41, 5.74) is 1.08. The highest BCUT2D eigenvalue weighted by molar-refractivity contribution is 14.0. The van der Waals surface area contributed by atoms with Gasteiger partial charge in [-0.25, -0.2) is 4.99 Å². The Bertz CT molecular complexity index is 456. The third kappa shape index (κ3) is 9.44.